The molecule has 0 spiro atoms. The molecule has 1 aromatic heterocycles. The van der Waals surface area contributed by atoms with Crippen LogP contribution in [0.3, 0.4) is 0 Å². The van der Waals surface area contributed by atoms with E-state index in [0.717, 1.165) is 40.6 Å². The normalized spacial score (nSPS) is 16.5. The SMILES string of the molecule is CN(C)C1Cc2cc(F)cc3c(-c4cccc(C#N)c4)cn(c23)C1. The lowest BCUT2D eigenvalue weighted by molar-refractivity contribution is 0.258. The highest BCUT2D eigenvalue weighted by Crippen LogP contribution is 2.36. The van der Waals surface area contributed by atoms with Crippen LogP contribution < -0.4 is 0 Å². The van der Waals surface area contributed by atoms with E-state index in [9.17, 15) is 4.39 Å². The Morgan fingerprint density at radius 2 is 2.08 bits per heavy atom. The Hall–Kier alpha value is -2.64. The van der Waals surface area contributed by atoms with Crippen molar-refractivity contribution < 1.29 is 4.39 Å². The Morgan fingerprint density at radius 3 is 2.83 bits per heavy atom. The number of nitriles is 1. The van der Waals surface area contributed by atoms with E-state index in [4.69, 9.17) is 5.26 Å². The summed E-state index contributed by atoms with van der Waals surface area (Å²) in [5.74, 6) is -0.202. The Bertz CT molecular complexity index is 978. The standard InChI is InChI=1S/C20H18FN3/c1-23(2)17-8-15-7-16(21)9-18-19(12-24(11-17)20(15)18)14-5-3-4-13(6-14)10-22/h3-7,9,12,17H,8,11H2,1-2H3. The van der Waals surface area contributed by atoms with Crippen LogP contribution in [0.15, 0.2) is 42.6 Å². The van der Waals surface area contributed by atoms with Gasteiger partial charge in [-0.2, -0.15) is 5.26 Å². The summed E-state index contributed by atoms with van der Waals surface area (Å²) >= 11 is 0. The van der Waals surface area contributed by atoms with Gasteiger partial charge in [-0.25, -0.2) is 4.39 Å². The van der Waals surface area contributed by atoms with E-state index in [2.05, 4.69) is 35.8 Å². The zero-order valence-electron chi connectivity index (χ0n) is 13.8. The fourth-order valence-corrected chi connectivity index (χ4v) is 3.67. The highest BCUT2D eigenvalue weighted by molar-refractivity contribution is 5.98. The van der Waals surface area contributed by atoms with E-state index in [1.807, 2.05) is 18.2 Å². The van der Waals surface area contributed by atoms with Crippen LogP contribution in [-0.2, 0) is 13.0 Å². The van der Waals surface area contributed by atoms with Crippen molar-refractivity contribution in [2.24, 2.45) is 0 Å². The van der Waals surface area contributed by atoms with E-state index >= 15 is 0 Å². The Labute approximate surface area is 140 Å². The molecular weight excluding hydrogens is 301 g/mol. The van der Waals surface area contributed by atoms with Crippen molar-refractivity contribution in [1.82, 2.24) is 9.47 Å². The Balaban J connectivity index is 1.96. The molecule has 120 valence electrons. The molecule has 2 heterocycles. The molecule has 3 nitrogen and oxygen atoms in total. The topological polar surface area (TPSA) is 32.0 Å². The molecule has 24 heavy (non-hydrogen) atoms. The molecule has 0 bridgehead atoms. The van der Waals surface area contributed by atoms with Gasteiger partial charge in [-0.1, -0.05) is 12.1 Å². The summed E-state index contributed by atoms with van der Waals surface area (Å²) in [7, 11) is 4.12. The Morgan fingerprint density at radius 1 is 1.25 bits per heavy atom. The number of hydrogen-bond acceptors (Lipinski definition) is 2. The minimum Gasteiger partial charge on any atom is -0.345 e. The smallest absolute Gasteiger partial charge is 0.124 e. The highest BCUT2D eigenvalue weighted by atomic mass is 19.1. The molecule has 4 rings (SSSR count). The maximum absolute atomic E-state index is 14.2. The van der Waals surface area contributed by atoms with Gasteiger partial charge in [0.15, 0.2) is 0 Å². The molecule has 0 fully saturated rings. The maximum Gasteiger partial charge on any atom is 0.124 e. The van der Waals surface area contributed by atoms with Crippen molar-refractivity contribution in [2.75, 3.05) is 14.1 Å². The maximum atomic E-state index is 14.2. The average Bonchev–Trinajstić information content (AvgIpc) is 2.94. The predicted octanol–water partition coefficient (Wildman–Crippen LogP) is 3.81. The number of hydrogen-bond donors (Lipinski definition) is 0. The fraction of sp³-hybridized carbons (Fsp3) is 0.250. The molecule has 3 aromatic rings. The summed E-state index contributed by atoms with van der Waals surface area (Å²) in [6.45, 7) is 0.889. The first-order chi connectivity index (χ1) is 11.6. The second-order valence-electron chi connectivity index (χ2n) is 6.67. The minimum absolute atomic E-state index is 0.202. The number of nitrogens with zero attached hydrogens (tertiary/aromatic N) is 3. The summed E-state index contributed by atoms with van der Waals surface area (Å²) in [4.78, 5) is 2.19. The van der Waals surface area contributed by atoms with Gasteiger partial charge in [0, 0.05) is 29.7 Å². The molecule has 4 heteroatoms. The lowest BCUT2D eigenvalue weighted by Crippen LogP contribution is -2.36. The molecule has 0 amide bonds. The number of halogens is 1. The minimum atomic E-state index is -0.202. The molecule has 0 N–H and O–H groups in total. The van der Waals surface area contributed by atoms with Crippen LogP contribution in [0.5, 0.6) is 0 Å². The van der Waals surface area contributed by atoms with Crippen LogP contribution in [0, 0.1) is 17.1 Å². The summed E-state index contributed by atoms with van der Waals surface area (Å²) in [6, 6.07) is 13.3. The largest absolute Gasteiger partial charge is 0.345 e. The summed E-state index contributed by atoms with van der Waals surface area (Å²) < 4.78 is 16.4. The van der Waals surface area contributed by atoms with Crippen LogP contribution in [0.25, 0.3) is 22.0 Å². The van der Waals surface area contributed by atoms with Crippen molar-refractivity contribution in [3.63, 3.8) is 0 Å². The van der Waals surface area contributed by atoms with E-state index in [1.165, 1.54) is 0 Å². The van der Waals surface area contributed by atoms with Crippen molar-refractivity contribution >= 4 is 10.9 Å². The first-order valence-corrected chi connectivity index (χ1v) is 8.05. The Kier molecular flexibility index (Phi) is 3.40. The highest BCUT2D eigenvalue weighted by Gasteiger charge is 2.25. The van der Waals surface area contributed by atoms with Crippen LogP contribution in [0.1, 0.15) is 11.1 Å². The van der Waals surface area contributed by atoms with Crippen LogP contribution >= 0.6 is 0 Å². The van der Waals surface area contributed by atoms with Crippen LogP contribution in [0.2, 0.25) is 0 Å². The number of benzene rings is 2. The molecule has 0 saturated heterocycles. The van der Waals surface area contributed by atoms with Gasteiger partial charge >= 0.3 is 0 Å². The van der Waals surface area contributed by atoms with Gasteiger partial charge in [0.25, 0.3) is 0 Å². The molecular formula is C20H18FN3. The quantitative estimate of drug-likeness (QED) is 0.719. The van der Waals surface area contributed by atoms with E-state index in [1.54, 1.807) is 18.2 Å². The first-order valence-electron chi connectivity index (χ1n) is 8.05. The number of aromatic nitrogens is 1. The third-order valence-corrected chi connectivity index (χ3v) is 4.91. The van der Waals surface area contributed by atoms with Gasteiger partial charge in [-0.3, -0.25) is 0 Å². The number of likely N-dealkylation sites (N-methyl/N-ethyl adjacent to an activating group) is 1. The van der Waals surface area contributed by atoms with Gasteiger partial charge in [0.05, 0.1) is 17.1 Å². The third-order valence-electron chi connectivity index (χ3n) is 4.91. The molecule has 1 aliphatic heterocycles. The molecule has 1 unspecified atom stereocenters. The van der Waals surface area contributed by atoms with E-state index in [-0.39, 0.29) is 5.82 Å². The van der Waals surface area contributed by atoms with Crippen molar-refractivity contribution in [3.8, 4) is 17.2 Å². The molecule has 0 saturated carbocycles. The van der Waals surface area contributed by atoms with E-state index < -0.39 is 0 Å². The zero-order valence-corrected chi connectivity index (χ0v) is 13.8. The van der Waals surface area contributed by atoms with Crippen molar-refractivity contribution in [3.05, 3.63) is 59.5 Å². The zero-order chi connectivity index (χ0) is 16.8. The number of rotatable bonds is 2. The van der Waals surface area contributed by atoms with Gasteiger partial charge < -0.3 is 9.47 Å². The average molecular weight is 319 g/mol. The van der Waals surface area contributed by atoms with Crippen molar-refractivity contribution in [1.29, 1.82) is 5.26 Å². The van der Waals surface area contributed by atoms with Crippen LogP contribution in [0.4, 0.5) is 4.39 Å². The van der Waals surface area contributed by atoms with Gasteiger partial charge in [0.2, 0.25) is 0 Å². The molecule has 0 radical (unpaired) electrons. The first kappa shape index (κ1) is 14.9. The second kappa shape index (κ2) is 5.47. The lowest BCUT2D eigenvalue weighted by atomic mass is 9.97. The van der Waals surface area contributed by atoms with Crippen molar-refractivity contribution in [2.45, 2.75) is 19.0 Å². The lowest BCUT2D eigenvalue weighted by Gasteiger charge is -2.29. The van der Waals surface area contributed by atoms with E-state index in [0.29, 0.717) is 11.6 Å². The molecule has 0 aliphatic carbocycles. The van der Waals surface area contributed by atoms with Gasteiger partial charge in [0.1, 0.15) is 5.82 Å². The molecule has 2 aromatic carbocycles. The summed E-state index contributed by atoms with van der Waals surface area (Å²) in [5, 5.41) is 10.1. The predicted molar refractivity (Wildman–Crippen MR) is 93.2 cm³/mol. The van der Waals surface area contributed by atoms with Gasteiger partial charge in [-0.05, 0) is 55.9 Å². The summed E-state index contributed by atoms with van der Waals surface area (Å²) in [6.07, 6.45) is 2.95. The molecule has 1 aliphatic rings. The van der Waals surface area contributed by atoms with Crippen LogP contribution in [-0.4, -0.2) is 29.6 Å². The van der Waals surface area contributed by atoms with Gasteiger partial charge in [-0.15, -0.1) is 0 Å². The summed E-state index contributed by atoms with van der Waals surface area (Å²) in [5.41, 5.74) is 4.73. The fourth-order valence-electron chi connectivity index (χ4n) is 3.67. The monoisotopic (exact) mass is 319 g/mol. The third kappa shape index (κ3) is 2.29. The second-order valence-corrected chi connectivity index (χ2v) is 6.67. The molecule has 1 atom stereocenters.